The van der Waals surface area contributed by atoms with Crippen LogP contribution in [0.2, 0.25) is 0 Å². The molecule has 37 heavy (non-hydrogen) atoms. The highest BCUT2D eigenvalue weighted by molar-refractivity contribution is 7.89. The second-order valence-corrected chi connectivity index (χ2v) is 10.8. The predicted octanol–water partition coefficient (Wildman–Crippen LogP) is 2.71. The Bertz CT molecular complexity index is 1390. The van der Waals surface area contributed by atoms with E-state index in [0.717, 1.165) is 9.87 Å². The van der Waals surface area contributed by atoms with Gasteiger partial charge < -0.3 is 19.7 Å². The molecule has 0 aromatic heterocycles. The number of carbonyl (C=O) groups excluding carboxylic acids is 2. The highest BCUT2D eigenvalue weighted by Gasteiger charge is 2.35. The molecule has 0 spiro atoms. The van der Waals surface area contributed by atoms with Gasteiger partial charge in [-0.15, -0.1) is 0 Å². The number of ether oxygens (including phenoxy) is 2. The third-order valence-electron chi connectivity index (χ3n) is 6.04. The van der Waals surface area contributed by atoms with Gasteiger partial charge in [-0.2, -0.15) is 0 Å². The van der Waals surface area contributed by atoms with E-state index in [9.17, 15) is 18.0 Å². The molecule has 4 rings (SSSR count). The zero-order valence-corrected chi connectivity index (χ0v) is 21.7. The van der Waals surface area contributed by atoms with Crippen molar-refractivity contribution in [2.75, 3.05) is 39.2 Å². The number of methoxy groups -OCH3 is 1. The number of hydrogen-bond acceptors (Lipinski definition) is 6. The molecule has 0 unspecified atom stereocenters. The Morgan fingerprint density at radius 2 is 1.76 bits per heavy atom. The van der Waals surface area contributed by atoms with Crippen LogP contribution in [0, 0.1) is 0 Å². The first-order chi connectivity index (χ1) is 17.7. The summed E-state index contributed by atoms with van der Waals surface area (Å²) in [6.45, 7) is 0.386. The summed E-state index contributed by atoms with van der Waals surface area (Å²) < 4.78 is 37.9. The average molecular weight is 524 g/mol. The van der Waals surface area contributed by atoms with Crippen LogP contribution in [0.4, 0.5) is 5.69 Å². The second-order valence-electron chi connectivity index (χ2n) is 8.67. The smallest absolute Gasteiger partial charge is 0.262 e. The molecule has 0 fully saturated rings. The fourth-order valence-electron chi connectivity index (χ4n) is 4.02. The van der Waals surface area contributed by atoms with Crippen molar-refractivity contribution >= 4 is 27.5 Å². The van der Waals surface area contributed by atoms with E-state index in [0.29, 0.717) is 24.4 Å². The Balaban J connectivity index is 1.58. The summed E-state index contributed by atoms with van der Waals surface area (Å²) in [7, 11) is 0.301. The van der Waals surface area contributed by atoms with Crippen molar-refractivity contribution in [3.05, 3.63) is 83.9 Å². The van der Waals surface area contributed by atoms with E-state index in [1.165, 1.54) is 44.3 Å². The molecule has 1 atom stereocenters. The van der Waals surface area contributed by atoms with Crippen molar-refractivity contribution in [1.82, 2.24) is 9.62 Å². The third kappa shape index (κ3) is 5.60. The minimum Gasteiger partial charge on any atom is -0.495 e. The molecule has 0 aliphatic carbocycles. The van der Waals surface area contributed by atoms with E-state index in [2.05, 4.69) is 5.32 Å². The first kappa shape index (κ1) is 26.2. The van der Waals surface area contributed by atoms with E-state index >= 15 is 0 Å². The van der Waals surface area contributed by atoms with Crippen molar-refractivity contribution in [3.8, 4) is 11.5 Å². The Hall–Kier alpha value is -3.89. The van der Waals surface area contributed by atoms with Crippen molar-refractivity contribution in [1.29, 1.82) is 0 Å². The van der Waals surface area contributed by atoms with Gasteiger partial charge in [-0.1, -0.05) is 42.5 Å². The molecule has 3 aromatic rings. The van der Waals surface area contributed by atoms with E-state index < -0.39 is 22.0 Å². The number of rotatable bonds is 8. The van der Waals surface area contributed by atoms with Crippen LogP contribution in [0.25, 0.3) is 0 Å². The second kappa shape index (κ2) is 11.0. The lowest BCUT2D eigenvalue weighted by atomic mass is 10.1. The van der Waals surface area contributed by atoms with Crippen LogP contribution < -0.4 is 19.7 Å². The number of para-hydroxylation sites is 2. The van der Waals surface area contributed by atoms with Gasteiger partial charge in [0.15, 0.2) is 6.10 Å². The monoisotopic (exact) mass is 523 g/mol. The van der Waals surface area contributed by atoms with Crippen molar-refractivity contribution in [2.45, 2.75) is 17.4 Å². The van der Waals surface area contributed by atoms with E-state index in [1.54, 1.807) is 24.3 Å². The minimum absolute atomic E-state index is 0.0329. The van der Waals surface area contributed by atoms with Crippen LogP contribution in [0.5, 0.6) is 11.5 Å². The molecule has 3 aromatic carbocycles. The lowest BCUT2D eigenvalue weighted by Crippen LogP contribution is -2.51. The van der Waals surface area contributed by atoms with E-state index in [4.69, 9.17) is 9.47 Å². The molecule has 10 heteroatoms. The number of amides is 2. The lowest BCUT2D eigenvalue weighted by molar-refractivity contribution is -0.127. The summed E-state index contributed by atoms with van der Waals surface area (Å²) in [6.07, 6.45) is -0.272. The maximum atomic E-state index is 13.7. The zero-order chi connectivity index (χ0) is 26.6. The highest BCUT2D eigenvalue weighted by atomic mass is 32.2. The van der Waals surface area contributed by atoms with E-state index in [-0.39, 0.29) is 28.7 Å². The van der Waals surface area contributed by atoms with Crippen molar-refractivity contribution in [2.24, 2.45) is 0 Å². The quantitative estimate of drug-likeness (QED) is 0.487. The summed E-state index contributed by atoms with van der Waals surface area (Å²) in [5.74, 6) is -0.284. The van der Waals surface area contributed by atoms with Crippen LogP contribution >= 0.6 is 0 Å². The number of fused-ring (bicyclic) bond motifs is 1. The Kier molecular flexibility index (Phi) is 7.80. The van der Waals surface area contributed by atoms with Crippen LogP contribution in [-0.2, 0) is 21.2 Å². The molecule has 1 aliphatic rings. The van der Waals surface area contributed by atoms with Crippen molar-refractivity contribution in [3.63, 3.8) is 0 Å². The van der Waals surface area contributed by atoms with Gasteiger partial charge in [0.1, 0.15) is 16.4 Å². The van der Waals surface area contributed by atoms with Crippen LogP contribution in [0.15, 0.2) is 77.7 Å². The molecule has 0 bridgehead atoms. The summed E-state index contributed by atoms with van der Waals surface area (Å²) in [6, 6.07) is 21.0. The van der Waals surface area contributed by atoms with E-state index in [1.807, 2.05) is 30.3 Å². The van der Waals surface area contributed by atoms with Crippen LogP contribution in [0.3, 0.4) is 0 Å². The molecule has 1 aliphatic heterocycles. The van der Waals surface area contributed by atoms with Gasteiger partial charge in [0, 0.05) is 26.2 Å². The first-order valence-electron chi connectivity index (χ1n) is 11.7. The number of benzene rings is 3. The topological polar surface area (TPSA) is 105 Å². The number of nitrogens with zero attached hydrogens (tertiary/aromatic N) is 2. The fraction of sp³-hybridized carbons (Fsp3) is 0.259. The minimum atomic E-state index is -3.88. The Labute approximate surface area is 216 Å². The number of nitrogens with one attached hydrogen (secondary N) is 1. The number of hydrogen-bond donors (Lipinski definition) is 1. The van der Waals surface area contributed by atoms with Gasteiger partial charge in [0.05, 0.1) is 19.3 Å². The largest absolute Gasteiger partial charge is 0.495 e. The van der Waals surface area contributed by atoms with Gasteiger partial charge in [-0.3, -0.25) is 9.59 Å². The van der Waals surface area contributed by atoms with Gasteiger partial charge in [0.25, 0.3) is 11.8 Å². The molecule has 1 heterocycles. The molecule has 194 valence electrons. The summed E-state index contributed by atoms with van der Waals surface area (Å²) in [5.41, 5.74) is 1.73. The molecule has 1 N–H and O–H groups in total. The number of anilines is 1. The first-order valence-corrected chi connectivity index (χ1v) is 13.2. The molecule has 9 nitrogen and oxygen atoms in total. The molecular formula is C27H29N3O6S. The predicted molar refractivity (Wildman–Crippen MR) is 140 cm³/mol. The van der Waals surface area contributed by atoms with Gasteiger partial charge >= 0.3 is 0 Å². The summed E-state index contributed by atoms with van der Waals surface area (Å²) in [5, 5.41) is 2.88. The Morgan fingerprint density at radius 3 is 2.46 bits per heavy atom. The molecule has 0 saturated heterocycles. The number of sulfonamides is 1. The highest BCUT2D eigenvalue weighted by Crippen LogP contribution is 2.35. The van der Waals surface area contributed by atoms with Gasteiger partial charge in [-0.25, -0.2) is 12.7 Å². The van der Waals surface area contributed by atoms with Gasteiger partial charge in [0.2, 0.25) is 10.0 Å². The summed E-state index contributed by atoms with van der Waals surface area (Å²) >= 11 is 0. The summed E-state index contributed by atoms with van der Waals surface area (Å²) in [4.78, 5) is 28.0. The zero-order valence-electron chi connectivity index (χ0n) is 20.9. The van der Waals surface area contributed by atoms with Crippen molar-refractivity contribution < 1.29 is 27.5 Å². The Morgan fingerprint density at radius 1 is 1.05 bits per heavy atom. The SMILES string of the molecule is COc1ccc(C(=O)N2C[C@@H](C(=O)NCCc3ccccc3)Oc3ccccc32)cc1S(=O)(=O)N(C)C. The number of carbonyl (C=O) groups is 2. The molecule has 2 amide bonds. The standard InChI is InChI=1S/C27H29N3O6S/c1-29(2)37(33,34)25-17-20(13-14-23(25)35-3)27(32)30-18-24(36-22-12-8-7-11-21(22)30)26(31)28-16-15-19-9-5-4-6-10-19/h4-14,17,24H,15-16,18H2,1-3H3,(H,28,31)/t24-/m0/s1. The lowest BCUT2D eigenvalue weighted by Gasteiger charge is -2.34. The maximum absolute atomic E-state index is 13.7. The van der Waals surface area contributed by atoms with Crippen LogP contribution in [-0.4, -0.2) is 64.9 Å². The molecular weight excluding hydrogens is 494 g/mol. The van der Waals surface area contributed by atoms with Gasteiger partial charge in [-0.05, 0) is 42.3 Å². The fourth-order valence-corrected chi connectivity index (χ4v) is 5.09. The molecule has 0 radical (unpaired) electrons. The normalized spacial score (nSPS) is 15.0. The van der Waals surface area contributed by atoms with Crippen LogP contribution in [0.1, 0.15) is 15.9 Å². The third-order valence-corrected chi connectivity index (χ3v) is 7.87. The average Bonchev–Trinajstić information content (AvgIpc) is 2.92. The maximum Gasteiger partial charge on any atom is 0.262 e. The molecule has 0 saturated carbocycles.